The van der Waals surface area contributed by atoms with Crippen molar-refractivity contribution < 1.29 is 31.6 Å². The maximum Gasteiger partial charge on any atom is 0.418 e. The van der Waals surface area contributed by atoms with Gasteiger partial charge in [0.1, 0.15) is 0 Å². The van der Waals surface area contributed by atoms with E-state index in [0.717, 1.165) is 24.6 Å². The van der Waals surface area contributed by atoms with Gasteiger partial charge in [0.05, 0.1) is 18.8 Å². The van der Waals surface area contributed by atoms with Gasteiger partial charge in [-0.15, -0.1) is 4.28 Å². The molecular formula is C13H24N4O7S. The molecule has 0 aromatic heterocycles. The van der Waals surface area contributed by atoms with Crippen LogP contribution in [0.3, 0.4) is 0 Å². The molecule has 0 aromatic carbocycles. The molecule has 2 amide bonds. The van der Waals surface area contributed by atoms with E-state index in [1.807, 2.05) is 0 Å². The summed E-state index contributed by atoms with van der Waals surface area (Å²) in [5.41, 5.74) is 2.86. The number of nitrogens with one attached hydrogen (secondary N) is 2. The van der Waals surface area contributed by atoms with Gasteiger partial charge in [0.2, 0.25) is 0 Å². The molecule has 12 heteroatoms. The monoisotopic (exact) mass is 380 g/mol. The zero-order valence-corrected chi connectivity index (χ0v) is 14.6. The third-order valence-electron chi connectivity index (χ3n) is 4.54. The number of hydrogen-bond acceptors (Lipinski definition) is 8. The van der Waals surface area contributed by atoms with Gasteiger partial charge in [-0.25, -0.2) is 10.3 Å². The predicted octanol–water partition coefficient (Wildman–Crippen LogP) is -1.11. The average Bonchev–Trinajstić information content (AvgIpc) is 2.76. The summed E-state index contributed by atoms with van der Waals surface area (Å²) >= 11 is 0. The Bertz CT molecular complexity index is 567. The van der Waals surface area contributed by atoms with Gasteiger partial charge in [-0.3, -0.25) is 9.39 Å². The standard InChI is InChI=1S/C13H24N4O7S/c18-13-16-8-11(17(13)24-25(19,20)21)3-2-10(16)6-15-23-9-12-7-14-4-1-5-22-12/h10-12,14-15H,1-9H2,(H,19,20,21)/t10-,11?,12?/m0/s1. The molecule has 0 aliphatic carbocycles. The SMILES string of the molecule is O=C1N(OS(=O)(=O)O)C2CC[C@@H](CNOCC3CNCCCO3)N1C2. The zero-order valence-electron chi connectivity index (χ0n) is 13.8. The van der Waals surface area contributed by atoms with E-state index in [9.17, 15) is 13.2 Å². The molecule has 3 atom stereocenters. The summed E-state index contributed by atoms with van der Waals surface area (Å²) in [4.78, 5) is 19.2. The molecule has 0 spiro atoms. The molecule has 25 heavy (non-hydrogen) atoms. The van der Waals surface area contributed by atoms with Crippen molar-refractivity contribution in [1.29, 1.82) is 0 Å². The Balaban J connectivity index is 1.43. The van der Waals surface area contributed by atoms with E-state index in [-0.39, 0.29) is 18.2 Å². The van der Waals surface area contributed by atoms with Crippen LogP contribution < -0.4 is 10.8 Å². The minimum atomic E-state index is -4.71. The molecule has 3 fully saturated rings. The first-order valence-electron chi connectivity index (χ1n) is 8.38. The van der Waals surface area contributed by atoms with Gasteiger partial charge in [0, 0.05) is 32.3 Å². The highest BCUT2D eigenvalue weighted by Crippen LogP contribution is 2.30. The molecule has 144 valence electrons. The van der Waals surface area contributed by atoms with E-state index in [1.54, 1.807) is 0 Å². The molecule has 2 bridgehead atoms. The zero-order chi connectivity index (χ0) is 17.9. The summed E-state index contributed by atoms with van der Waals surface area (Å²) in [6, 6.07) is -1.08. The number of piperidine rings is 1. The van der Waals surface area contributed by atoms with Crippen molar-refractivity contribution in [3.8, 4) is 0 Å². The van der Waals surface area contributed by atoms with Gasteiger partial charge in [-0.05, 0) is 25.8 Å². The van der Waals surface area contributed by atoms with Crippen LogP contribution in [0.2, 0.25) is 0 Å². The highest BCUT2D eigenvalue weighted by molar-refractivity contribution is 7.80. The summed E-state index contributed by atoms with van der Waals surface area (Å²) < 4.78 is 40.5. The van der Waals surface area contributed by atoms with Crippen LogP contribution in [0.4, 0.5) is 4.79 Å². The number of urea groups is 1. The van der Waals surface area contributed by atoms with Crippen LogP contribution in [0.25, 0.3) is 0 Å². The number of carbonyl (C=O) groups is 1. The van der Waals surface area contributed by atoms with Crippen molar-refractivity contribution in [3.05, 3.63) is 0 Å². The highest BCUT2D eigenvalue weighted by Gasteiger charge is 2.47. The van der Waals surface area contributed by atoms with Crippen molar-refractivity contribution in [2.45, 2.75) is 37.5 Å². The smallest absolute Gasteiger partial charge is 0.374 e. The number of amides is 2. The summed E-state index contributed by atoms with van der Waals surface area (Å²) in [6.07, 6.45) is 2.23. The van der Waals surface area contributed by atoms with Crippen LogP contribution in [0.1, 0.15) is 19.3 Å². The van der Waals surface area contributed by atoms with Gasteiger partial charge in [-0.1, -0.05) is 0 Å². The minimum Gasteiger partial charge on any atom is -0.374 e. The van der Waals surface area contributed by atoms with E-state index < -0.39 is 16.4 Å². The Labute approximate surface area is 146 Å². The Hall–Kier alpha value is -1.02. The van der Waals surface area contributed by atoms with E-state index in [1.165, 1.54) is 4.90 Å². The molecule has 0 aromatic rings. The van der Waals surface area contributed by atoms with Gasteiger partial charge in [0.25, 0.3) is 0 Å². The lowest BCUT2D eigenvalue weighted by Gasteiger charge is -2.30. The third kappa shape index (κ3) is 5.00. The van der Waals surface area contributed by atoms with Gasteiger partial charge in [0.15, 0.2) is 0 Å². The van der Waals surface area contributed by atoms with Crippen molar-refractivity contribution in [1.82, 2.24) is 20.8 Å². The average molecular weight is 380 g/mol. The second-order valence-electron chi connectivity index (χ2n) is 6.36. The molecule has 11 nitrogen and oxygen atoms in total. The van der Waals surface area contributed by atoms with Crippen molar-refractivity contribution >= 4 is 16.4 Å². The van der Waals surface area contributed by atoms with E-state index in [2.05, 4.69) is 15.1 Å². The van der Waals surface area contributed by atoms with Crippen molar-refractivity contribution in [3.63, 3.8) is 0 Å². The largest absolute Gasteiger partial charge is 0.418 e. The normalized spacial score (nSPS) is 30.6. The van der Waals surface area contributed by atoms with E-state index >= 15 is 0 Å². The highest BCUT2D eigenvalue weighted by atomic mass is 32.3. The Kier molecular flexibility index (Phi) is 6.09. The topological polar surface area (TPSA) is 130 Å². The number of nitrogens with zero attached hydrogens (tertiary/aromatic N) is 2. The second kappa shape index (κ2) is 8.12. The van der Waals surface area contributed by atoms with Crippen molar-refractivity contribution in [2.24, 2.45) is 0 Å². The Morgan fingerprint density at radius 2 is 2.24 bits per heavy atom. The molecule has 3 aliphatic heterocycles. The first-order valence-corrected chi connectivity index (χ1v) is 9.74. The minimum absolute atomic E-state index is 0.0159. The number of rotatable bonds is 7. The second-order valence-corrected chi connectivity index (χ2v) is 7.36. The molecular weight excluding hydrogens is 356 g/mol. The van der Waals surface area contributed by atoms with Crippen LogP contribution in [-0.4, -0.2) is 86.5 Å². The van der Waals surface area contributed by atoms with Crippen molar-refractivity contribution in [2.75, 3.05) is 39.4 Å². The first kappa shape index (κ1) is 18.8. The fraction of sp³-hybridized carbons (Fsp3) is 0.923. The summed E-state index contributed by atoms with van der Waals surface area (Å²) in [7, 11) is -4.71. The van der Waals surface area contributed by atoms with Gasteiger partial charge >= 0.3 is 16.4 Å². The number of hydroxylamine groups is 3. The maximum absolute atomic E-state index is 12.2. The van der Waals surface area contributed by atoms with Crippen LogP contribution in [-0.2, 0) is 24.3 Å². The number of fused-ring (bicyclic) bond motifs is 2. The molecule has 0 saturated carbocycles. The lowest BCUT2D eigenvalue weighted by molar-refractivity contribution is -0.0503. The van der Waals surface area contributed by atoms with E-state index in [4.69, 9.17) is 14.1 Å². The fourth-order valence-electron chi connectivity index (χ4n) is 3.31. The predicted molar refractivity (Wildman–Crippen MR) is 84.6 cm³/mol. The molecule has 3 heterocycles. The van der Waals surface area contributed by atoms with Crippen LogP contribution in [0.5, 0.6) is 0 Å². The molecule has 3 aliphatic rings. The molecule has 0 radical (unpaired) electrons. The van der Waals surface area contributed by atoms with Crippen LogP contribution >= 0.6 is 0 Å². The van der Waals surface area contributed by atoms with Crippen LogP contribution in [0, 0.1) is 0 Å². The lowest BCUT2D eigenvalue weighted by atomic mass is 10.0. The molecule has 3 N–H and O–H groups in total. The lowest BCUT2D eigenvalue weighted by Crippen LogP contribution is -2.46. The number of ether oxygens (including phenoxy) is 1. The quantitative estimate of drug-likeness (QED) is 0.286. The van der Waals surface area contributed by atoms with Gasteiger partial charge in [-0.2, -0.15) is 13.5 Å². The maximum atomic E-state index is 12.2. The first-order chi connectivity index (χ1) is 11.9. The van der Waals surface area contributed by atoms with Gasteiger partial charge < -0.3 is 15.0 Å². The number of carbonyl (C=O) groups excluding carboxylic acids is 1. The number of hydrogen-bond donors (Lipinski definition) is 3. The summed E-state index contributed by atoms with van der Waals surface area (Å²) in [6.45, 7) is 3.55. The summed E-state index contributed by atoms with van der Waals surface area (Å²) in [5.74, 6) is 0. The third-order valence-corrected chi connectivity index (χ3v) is 4.88. The molecule has 2 unspecified atom stereocenters. The fourth-order valence-corrected chi connectivity index (χ4v) is 3.69. The Morgan fingerprint density at radius 1 is 1.40 bits per heavy atom. The van der Waals surface area contributed by atoms with Crippen LogP contribution in [0.15, 0.2) is 0 Å². The summed E-state index contributed by atoms with van der Waals surface area (Å²) in [5, 5.41) is 4.00. The molecule has 3 saturated heterocycles. The van der Waals surface area contributed by atoms with E-state index in [0.29, 0.717) is 39.1 Å². The molecule has 3 rings (SSSR count). The Morgan fingerprint density at radius 3 is 3.04 bits per heavy atom.